The minimum absolute atomic E-state index is 0.0704. The van der Waals surface area contributed by atoms with Gasteiger partial charge in [0.15, 0.2) is 5.15 Å². The van der Waals surface area contributed by atoms with Crippen molar-refractivity contribution < 1.29 is 5.11 Å². The fourth-order valence-corrected chi connectivity index (χ4v) is 2.75. The maximum absolute atomic E-state index is 10.5. The molecular formula is C18H17Cl2N3O. The van der Waals surface area contributed by atoms with Crippen LogP contribution in [0.15, 0.2) is 54.9 Å². The predicted octanol–water partition coefficient (Wildman–Crippen LogP) is 4.95. The van der Waals surface area contributed by atoms with Gasteiger partial charge in [-0.05, 0) is 6.07 Å². The van der Waals surface area contributed by atoms with Crippen LogP contribution in [0.1, 0.15) is 31.1 Å². The average molecular weight is 362 g/mol. The molecule has 0 spiro atoms. The van der Waals surface area contributed by atoms with E-state index in [4.69, 9.17) is 23.2 Å². The number of hydrogen-bond acceptors (Lipinski definition) is 4. The molecule has 0 fully saturated rings. The van der Waals surface area contributed by atoms with E-state index in [-0.39, 0.29) is 10.2 Å². The number of pyridine rings is 1. The highest BCUT2D eigenvalue weighted by atomic mass is 35.5. The lowest BCUT2D eigenvalue weighted by Crippen LogP contribution is -2.05. The van der Waals surface area contributed by atoms with Crippen molar-refractivity contribution in [3.05, 3.63) is 76.2 Å². The quantitative estimate of drug-likeness (QED) is 0.716. The number of nitrogens with zero attached hydrogens (tertiary/aromatic N) is 3. The molecule has 124 valence electrons. The molecule has 0 aliphatic heterocycles. The molecule has 3 aromatic rings. The van der Waals surface area contributed by atoms with Crippen molar-refractivity contribution in [3.8, 4) is 11.3 Å². The fourth-order valence-electron chi connectivity index (χ4n) is 2.13. The highest BCUT2D eigenvalue weighted by molar-refractivity contribution is 6.37. The Kier molecular flexibility index (Phi) is 6.67. The van der Waals surface area contributed by atoms with Crippen LogP contribution in [-0.4, -0.2) is 20.3 Å². The van der Waals surface area contributed by atoms with Crippen molar-refractivity contribution in [2.45, 2.75) is 20.0 Å². The summed E-state index contributed by atoms with van der Waals surface area (Å²) in [4.78, 5) is 3.99. The normalized spacial score (nSPS) is 11.4. The van der Waals surface area contributed by atoms with Crippen LogP contribution in [0.2, 0.25) is 10.2 Å². The molecule has 0 saturated carbocycles. The van der Waals surface area contributed by atoms with Gasteiger partial charge in [-0.3, -0.25) is 4.98 Å². The molecule has 0 radical (unpaired) electrons. The second-order valence-corrected chi connectivity index (χ2v) is 5.36. The SMILES string of the molecule is CC.OC(c1cccnc1)c1c(Cl)nnc(-c2ccccc2)c1Cl. The Balaban J connectivity index is 0.00000100. The summed E-state index contributed by atoms with van der Waals surface area (Å²) in [6.07, 6.45) is 2.16. The van der Waals surface area contributed by atoms with Crippen LogP contribution in [0.25, 0.3) is 11.3 Å². The van der Waals surface area contributed by atoms with E-state index >= 15 is 0 Å². The number of aliphatic hydroxyl groups is 1. The van der Waals surface area contributed by atoms with E-state index in [2.05, 4.69) is 15.2 Å². The van der Waals surface area contributed by atoms with Crippen molar-refractivity contribution >= 4 is 23.2 Å². The molecule has 0 aliphatic carbocycles. The van der Waals surface area contributed by atoms with Crippen molar-refractivity contribution in [1.29, 1.82) is 0 Å². The summed E-state index contributed by atoms with van der Waals surface area (Å²) < 4.78 is 0. The maximum Gasteiger partial charge on any atom is 0.159 e. The van der Waals surface area contributed by atoms with E-state index in [0.29, 0.717) is 16.8 Å². The van der Waals surface area contributed by atoms with Crippen molar-refractivity contribution in [3.63, 3.8) is 0 Å². The van der Waals surface area contributed by atoms with E-state index in [9.17, 15) is 5.11 Å². The van der Waals surface area contributed by atoms with Gasteiger partial charge in [0.05, 0.1) is 5.02 Å². The van der Waals surface area contributed by atoms with Crippen LogP contribution < -0.4 is 0 Å². The molecule has 4 nitrogen and oxygen atoms in total. The van der Waals surface area contributed by atoms with Gasteiger partial charge in [-0.15, -0.1) is 10.2 Å². The summed E-state index contributed by atoms with van der Waals surface area (Å²) in [5.74, 6) is 0. The van der Waals surface area contributed by atoms with Gasteiger partial charge in [-0.2, -0.15) is 0 Å². The van der Waals surface area contributed by atoms with Gasteiger partial charge in [0.25, 0.3) is 0 Å². The molecule has 1 unspecified atom stereocenters. The third kappa shape index (κ3) is 3.90. The molecule has 0 bridgehead atoms. The van der Waals surface area contributed by atoms with Gasteiger partial charge in [0.1, 0.15) is 11.8 Å². The first kappa shape index (κ1) is 18.3. The highest BCUT2D eigenvalue weighted by Gasteiger charge is 2.22. The summed E-state index contributed by atoms with van der Waals surface area (Å²) >= 11 is 12.5. The summed E-state index contributed by atoms with van der Waals surface area (Å²) in [5.41, 5.74) is 2.18. The van der Waals surface area contributed by atoms with Crippen LogP contribution in [0.5, 0.6) is 0 Å². The largest absolute Gasteiger partial charge is 0.383 e. The second kappa shape index (κ2) is 8.73. The first-order chi connectivity index (χ1) is 11.7. The Morgan fingerprint density at radius 1 is 0.958 bits per heavy atom. The Hall–Kier alpha value is -2.01. The van der Waals surface area contributed by atoms with Gasteiger partial charge in [-0.1, -0.05) is 73.4 Å². The maximum atomic E-state index is 10.5. The fraction of sp³-hybridized carbons (Fsp3) is 0.167. The summed E-state index contributed by atoms with van der Waals surface area (Å²) in [5, 5.41) is 18.9. The van der Waals surface area contributed by atoms with E-state index in [0.717, 1.165) is 5.56 Å². The zero-order valence-electron chi connectivity index (χ0n) is 13.3. The van der Waals surface area contributed by atoms with Crippen LogP contribution in [-0.2, 0) is 0 Å². The summed E-state index contributed by atoms with van der Waals surface area (Å²) in [6.45, 7) is 4.00. The zero-order valence-corrected chi connectivity index (χ0v) is 14.8. The molecule has 2 aromatic heterocycles. The summed E-state index contributed by atoms with van der Waals surface area (Å²) in [6, 6.07) is 12.8. The van der Waals surface area contributed by atoms with Crippen LogP contribution in [0, 0.1) is 0 Å². The Labute approximate surface area is 151 Å². The van der Waals surface area contributed by atoms with Gasteiger partial charge in [-0.25, -0.2) is 0 Å². The Morgan fingerprint density at radius 3 is 2.29 bits per heavy atom. The smallest absolute Gasteiger partial charge is 0.159 e. The van der Waals surface area contributed by atoms with E-state index in [1.807, 2.05) is 44.2 Å². The first-order valence-corrected chi connectivity index (χ1v) is 8.29. The molecule has 0 saturated heterocycles. The van der Waals surface area contributed by atoms with E-state index < -0.39 is 6.10 Å². The number of rotatable bonds is 3. The van der Waals surface area contributed by atoms with Gasteiger partial charge >= 0.3 is 0 Å². The van der Waals surface area contributed by atoms with Crippen molar-refractivity contribution in [2.75, 3.05) is 0 Å². The van der Waals surface area contributed by atoms with Gasteiger partial charge in [0.2, 0.25) is 0 Å². The third-order valence-corrected chi connectivity index (χ3v) is 3.89. The molecule has 0 aliphatic rings. The lowest BCUT2D eigenvalue weighted by molar-refractivity contribution is 0.219. The first-order valence-electron chi connectivity index (χ1n) is 7.53. The van der Waals surface area contributed by atoms with Crippen LogP contribution in [0.3, 0.4) is 0 Å². The molecule has 2 heterocycles. The molecule has 1 N–H and O–H groups in total. The third-order valence-electron chi connectivity index (χ3n) is 3.23. The highest BCUT2D eigenvalue weighted by Crippen LogP contribution is 2.37. The molecule has 24 heavy (non-hydrogen) atoms. The average Bonchev–Trinajstić information content (AvgIpc) is 2.65. The monoisotopic (exact) mass is 361 g/mol. The minimum Gasteiger partial charge on any atom is -0.383 e. The molecule has 0 amide bonds. The summed E-state index contributed by atoms with van der Waals surface area (Å²) in [7, 11) is 0. The Bertz CT molecular complexity index is 783. The lowest BCUT2D eigenvalue weighted by Gasteiger charge is -2.15. The van der Waals surface area contributed by atoms with Crippen molar-refractivity contribution in [2.24, 2.45) is 0 Å². The van der Waals surface area contributed by atoms with E-state index in [1.54, 1.807) is 24.5 Å². The van der Waals surface area contributed by atoms with Crippen LogP contribution in [0.4, 0.5) is 0 Å². The van der Waals surface area contributed by atoms with Crippen molar-refractivity contribution in [1.82, 2.24) is 15.2 Å². The molecule has 6 heteroatoms. The predicted molar refractivity (Wildman–Crippen MR) is 97.1 cm³/mol. The number of halogens is 2. The molecular weight excluding hydrogens is 345 g/mol. The van der Waals surface area contributed by atoms with E-state index in [1.165, 1.54) is 0 Å². The molecule has 1 atom stereocenters. The number of aliphatic hydroxyl groups excluding tert-OH is 1. The number of benzene rings is 1. The molecule has 3 rings (SSSR count). The molecule has 1 aromatic carbocycles. The Morgan fingerprint density at radius 2 is 1.67 bits per heavy atom. The van der Waals surface area contributed by atoms with Crippen LogP contribution >= 0.6 is 23.2 Å². The topological polar surface area (TPSA) is 58.9 Å². The zero-order chi connectivity index (χ0) is 17.5. The number of aromatic nitrogens is 3. The standard InChI is InChI=1S/C16H11Cl2N3O.C2H6/c17-13-12(15(22)11-7-4-8-19-9-11)16(18)21-20-14(13)10-5-2-1-3-6-10;1-2/h1-9,15,22H;1-2H3. The van der Waals surface area contributed by atoms with Gasteiger partial charge < -0.3 is 5.11 Å². The lowest BCUT2D eigenvalue weighted by atomic mass is 10.0. The number of hydrogen-bond donors (Lipinski definition) is 1. The van der Waals surface area contributed by atoms with Gasteiger partial charge in [0, 0.05) is 29.1 Å². The minimum atomic E-state index is -1.02. The second-order valence-electron chi connectivity index (χ2n) is 4.62.